The van der Waals surface area contributed by atoms with E-state index >= 15 is 0 Å². The Labute approximate surface area is 83.7 Å². The highest BCUT2D eigenvalue weighted by molar-refractivity contribution is 6.02. The summed E-state index contributed by atoms with van der Waals surface area (Å²) >= 11 is 0. The predicted octanol–water partition coefficient (Wildman–Crippen LogP) is -0.261. The molecule has 2 amide bonds. The van der Waals surface area contributed by atoms with Crippen molar-refractivity contribution in [3.63, 3.8) is 0 Å². The highest BCUT2D eigenvalue weighted by Crippen LogP contribution is 2.00. The van der Waals surface area contributed by atoms with Gasteiger partial charge in [0.1, 0.15) is 0 Å². The van der Waals surface area contributed by atoms with Crippen LogP contribution in [0.4, 0.5) is 0 Å². The van der Waals surface area contributed by atoms with Gasteiger partial charge in [-0.3, -0.25) is 9.59 Å². The van der Waals surface area contributed by atoms with E-state index in [0.29, 0.717) is 0 Å². The number of amides is 2. The maximum atomic E-state index is 11.3. The molecule has 0 rings (SSSR count). The van der Waals surface area contributed by atoms with Crippen molar-refractivity contribution in [2.24, 2.45) is 5.92 Å². The van der Waals surface area contributed by atoms with E-state index in [2.05, 4.69) is 5.32 Å². The second kappa shape index (κ2) is 5.22. The van der Waals surface area contributed by atoms with E-state index in [-0.39, 0.29) is 6.04 Å². The summed E-state index contributed by atoms with van der Waals surface area (Å²) in [5.74, 6) is -2.28. The molecule has 1 unspecified atom stereocenters. The molecule has 0 aromatic carbocycles. The summed E-state index contributed by atoms with van der Waals surface area (Å²) in [6, 6.07) is 1.61. The summed E-state index contributed by atoms with van der Waals surface area (Å²) in [6.45, 7) is 3.54. The number of nitriles is 1. The Morgan fingerprint density at radius 2 is 1.86 bits per heavy atom. The lowest BCUT2D eigenvalue weighted by Gasteiger charge is -2.15. The van der Waals surface area contributed by atoms with Crippen LogP contribution in [-0.4, -0.2) is 36.9 Å². The van der Waals surface area contributed by atoms with E-state index in [4.69, 9.17) is 5.26 Å². The largest absolute Gasteiger partial charge is 0.352 e. The van der Waals surface area contributed by atoms with E-state index < -0.39 is 17.7 Å². The summed E-state index contributed by atoms with van der Waals surface area (Å²) in [5, 5.41) is 11.2. The minimum Gasteiger partial charge on any atom is -0.352 e. The van der Waals surface area contributed by atoms with Gasteiger partial charge in [0, 0.05) is 20.1 Å². The smallest absolute Gasteiger partial charge is 0.249 e. The van der Waals surface area contributed by atoms with Crippen LogP contribution in [0.15, 0.2) is 0 Å². The molecule has 0 bridgehead atoms. The van der Waals surface area contributed by atoms with Gasteiger partial charge in [-0.15, -0.1) is 0 Å². The molecule has 78 valence electrons. The van der Waals surface area contributed by atoms with Crippen LogP contribution in [0.3, 0.4) is 0 Å². The van der Waals surface area contributed by atoms with Gasteiger partial charge in [0.25, 0.3) is 0 Å². The molecule has 0 saturated heterocycles. The maximum Gasteiger partial charge on any atom is 0.249 e. The first-order valence-corrected chi connectivity index (χ1v) is 4.31. The summed E-state index contributed by atoms with van der Waals surface area (Å²) in [5.41, 5.74) is 0. The fourth-order valence-corrected chi connectivity index (χ4v) is 0.852. The minimum absolute atomic E-state index is 0.0756. The first-order chi connectivity index (χ1) is 6.40. The topological polar surface area (TPSA) is 73.2 Å². The Morgan fingerprint density at radius 3 is 2.14 bits per heavy atom. The molecule has 0 radical (unpaired) electrons. The standard InChI is InChI=1S/C9H15N3O2/c1-6(2)11-8(13)7(5-10)9(14)12(3)4/h6-7H,1-4H3,(H,11,13). The van der Waals surface area contributed by atoms with Crippen molar-refractivity contribution in [1.82, 2.24) is 10.2 Å². The molecule has 0 aliphatic carbocycles. The van der Waals surface area contributed by atoms with Gasteiger partial charge in [-0.05, 0) is 13.8 Å². The van der Waals surface area contributed by atoms with Crippen molar-refractivity contribution >= 4 is 11.8 Å². The first-order valence-electron chi connectivity index (χ1n) is 4.31. The van der Waals surface area contributed by atoms with Crippen LogP contribution in [0.1, 0.15) is 13.8 Å². The van der Waals surface area contributed by atoms with Crippen molar-refractivity contribution in [3.8, 4) is 6.07 Å². The third kappa shape index (κ3) is 3.44. The maximum absolute atomic E-state index is 11.3. The Hall–Kier alpha value is -1.57. The Kier molecular flexibility index (Phi) is 4.64. The summed E-state index contributed by atoms with van der Waals surface area (Å²) in [6.07, 6.45) is 0. The summed E-state index contributed by atoms with van der Waals surface area (Å²) < 4.78 is 0. The van der Waals surface area contributed by atoms with Crippen LogP contribution >= 0.6 is 0 Å². The van der Waals surface area contributed by atoms with Gasteiger partial charge in [-0.25, -0.2) is 0 Å². The van der Waals surface area contributed by atoms with E-state index in [1.54, 1.807) is 19.9 Å². The molecule has 0 saturated carbocycles. The number of nitrogens with one attached hydrogen (secondary N) is 1. The molecule has 1 atom stereocenters. The molecule has 0 spiro atoms. The SMILES string of the molecule is CC(C)NC(=O)C(C#N)C(=O)N(C)C. The molecule has 5 nitrogen and oxygen atoms in total. The fourth-order valence-electron chi connectivity index (χ4n) is 0.852. The second-order valence-corrected chi connectivity index (χ2v) is 3.46. The van der Waals surface area contributed by atoms with Crippen molar-refractivity contribution in [1.29, 1.82) is 5.26 Å². The minimum atomic E-state index is -1.24. The monoisotopic (exact) mass is 197 g/mol. The lowest BCUT2D eigenvalue weighted by molar-refractivity contribution is -0.138. The van der Waals surface area contributed by atoms with Crippen LogP contribution < -0.4 is 5.32 Å². The Bertz CT molecular complexity index is 266. The van der Waals surface area contributed by atoms with E-state index in [1.807, 2.05) is 0 Å². The van der Waals surface area contributed by atoms with Gasteiger partial charge in [-0.1, -0.05) is 0 Å². The number of hydrogen-bond acceptors (Lipinski definition) is 3. The molecule has 0 fully saturated rings. The average Bonchev–Trinajstić information content (AvgIpc) is 2.03. The van der Waals surface area contributed by atoms with Crippen molar-refractivity contribution < 1.29 is 9.59 Å². The zero-order valence-electron chi connectivity index (χ0n) is 8.87. The molecule has 0 aromatic rings. The van der Waals surface area contributed by atoms with Crippen LogP contribution in [0.5, 0.6) is 0 Å². The van der Waals surface area contributed by atoms with Gasteiger partial charge in [0.2, 0.25) is 17.7 Å². The predicted molar refractivity (Wildman–Crippen MR) is 51.1 cm³/mol. The van der Waals surface area contributed by atoms with Crippen molar-refractivity contribution in [3.05, 3.63) is 0 Å². The Morgan fingerprint density at radius 1 is 1.36 bits per heavy atom. The molecular weight excluding hydrogens is 182 g/mol. The first kappa shape index (κ1) is 12.4. The number of carbonyl (C=O) groups excluding carboxylic acids is 2. The molecule has 0 heterocycles. The lowest BCUT2D eigenvalue weighted by atomic mass is 10.1. The van der Waals surface area contributed by atoms with Gasteiger partial charge < -0.3 is 10.2 Å². The number of hydrogen-bond donors (Lipinski definition) is 1. The summed E-state index contributed by atoms with van der Waals surface area (Å²) in [7, 11) is 3.02. The third-order valence-corrected chi connectivity index (χ3v) is 1.51. The van der Waals surface area contributed by atoms with Crippen molar-refractivity contribution in [2.75, 3.05) is 14.1 Å². The van der Waals surface area contributed by atoms with Crippen LogP contribution in [0, 0.1) is 17.2 Å². The van der Waals surface area contributed by atoms with Gasteiger partial charge in [-0.2, -0.15) is 5.26 Å². The van der Waals surface area contributed by atoms with Crippen LogP contribution in [-0.2, 0) is 9.59 Å². The normalized spacial score (nSPS) is 11.7. The van der Waals surface area contributed by atoms with Gasteiger partial charge in [0.15, 0.2) is 0 Å². The fraction of sp³-hybridized carbons (Fsp3) is 0.667. The summed E-state index contributed by atoms with van der Waals surface area (Å²) in [4.78, 5) is 23.9. The number of rotatable bonds is 3. The lowest BCUT2D eigenvalue weighted by Crippen LogP contribution is -2.42. The van der Waals surface area contributed by atoms with Gasteiger partial charge >= 0.3 is 0 Å². The highest BCUT2D eigenvalue weighted by atomic mass is 16.2. The molecule has 0 aliphatic rings. The second-order valence-electron chi connectivity index (χ2n) is 3.46. The van der Waals surface area contributed by atoms with E-state index in [9.17, 15) is 9.59 Å². The molecule has 5 heteroatoms. The third-order valence-electron chi connectivity index (χ3n) is 1.51. The molecular formula is C9H15N3O2. The molecule has 1 N–H and O–H groups in total. The van der Waals surface area contributed by atoms with Gasteiger partial charge in [0.05, 0.1) is 6.07 Å². The van der Waals surface area contributed by atoms with Crippen molar-refractivity contribution in [2.45, 2.75) is 19.9 Å². The highest BCUT2D eigenvalue weighted by Gasteiger charge is 2.27. The quantitative estimate of drug-likeness (QED) is 0.633. The van der Waals surface area contributed by atoms with Crippen LogP contribution in [0.2, 0.25) is 0 Å². The number of carbonyl (C=O) groups is 2. The van der Waals surface area contributed by atoms with E-state index in [1.165, 1.54) is 19.0 Å². The zero-order chi connectivity index (χ0) is 11.3. The molecule has 0 aliphatic heterocycles. The molecule has 0 aromatic heterocycles. The average molecular weight is 197 g/mol. The van der Waals surface area contributed by atoms with Crippen LogP contribution in [0.25, 0.3) is 0 Å². The van der Waals surface area contributed by atoms with E-state index in [0.717, 1.165) is 0 Å². The molecule has 14 heavy (non-hydrogen) atoms. The Balaban J connectivity index is 4.51. The zero-order valence-corrected chi connectivity index (χ0v) is 8.87. The number of nitrogens with zero attached hydrogens (tertiary/aromatic N) is 2.